The molecule has 0 unspecified atom stereocenters. The Kier molecular flexibility index (Phi) is 2.96. The number of phenolic OH excluding ortho intramolecular Hbond substituents is 1. The van der Waals surface area contributed by atoms with Gasteiger partial charge in [0, 0.05) is 11.6 Å². The SMILES string of the molecule is O=C/C=C/c1cccc([N+](=O)[O-])c1O. The summed E-state index contributed by atoms with van der Waals surface area (Å²) in [4.78, 5) is 19.7. The van der Waals surface area contributed by atoms with Crippen molar-refractivity contribution in [1.29, 1.82) is 0 Å². The van der Waals surface area contributed by atoms with E-state index in [1.54, 1.807) is 0 Å². The molecule has 1 aromatic rings. The molecule has 0 aliphatic carbocycles. The number of carbonyl (C=O) groups is 1. The van der Waals surface area contributed by atoms with Crippen LogP contribution in [-0.2, 0) is 4.79 Å². The molecule has 72 valence electrons. The summed E-state index contributed by atoms with van der Waals surface area (Å²) in [5.74, 6) is -0.435. The number of aromatic hydroxyl groups is 1. The van der Waals surface area contributed by atoms with Crippen molar-refractivity contribution in [1.82, 2.24) is 0 Å². The summed E-state index contributed by atoms with van der Waals surface area (Å²) in [6.45, 7) is 0. The lowest BCUT2D eigenvalue weighted by molar-refractivity contribution is -0.385. The fourth-order valence-electron chi connectivity index (χ4n) is 0.973. The second kappa shape index (κ2) is 4.18. The van der Waals surface area contributed by atoms with Crippen LogP contribution >= 0.6 is 0 Å². The predicted octanol–water partition coefficient (Wildman–Crippen LogP) is 1.51. The number of hydrogen-bond donors (Lipinski definition) is 1. The molecule has 1 rings (SSSR count). The molecule has 0 heterocycles. The third kappa shape index (κ3) is 1.95. The Hall–Kier alpha value is -2.17. The van der Waals surface area contributed by atoms with E-state index in [2.05, 4.69) is 0 Å². The molecular weight excluding hydrogens is 186 g/mol. The first-order valence-corrected chi connectivity index (χ1v) is 3.75. The van der Waals surface area contributed by atoms with Crippen molar-refractivity contribution in [3.63, 3.8) is 0 Å². The van der Waals surface area contributed by atoms with Crippen LogP contribution in [0.5, 0.6) is 5.75 Å². The maximum Gasteiger partial charge on any atom is 0.311 e. The summed E-state index contributed by atoms with van der Waals surface area (Å²) < 4.78 is 0. The Morgan fingerprint density at radius 2 is 2.14 bits per heavy atom. The van der Waals surface area contributed by atoms with Crippen LogP contribution in [0.1, 0.15) is 5.56 Å². The van der Waals surface area contributed by atoms with Crippen molar-refractivity contribution in [3.8, 4) is 5.75 Å². The van der Waals surface area contributed by atoms with Crippen molar-refractivity contribution in [2.75, 3.05) is 0 Å². The molecule has 0 bridgehead atoms. The molecular formula is C9H7NO4. The zero-order chi connectivity index (χ0) is 10.6. The topological polar surface area (TPSA) is 80.4 Å². The van der Waals surface area contributed by atoms with E-state index in [1.807, 2.05) is 0 Å². The second-order valence-corrected chi connectivity index (χ2v) is 2.47. The maximum absolute atomic E-state index is 10.4. The van der Waals surface area contributed by atoms with Gasteiger partial charge in [0.1, 0.15) is 6.29 Å². The van der Waals surface area contributed by atoms with Gasteiger partial charge in [-0.25, -0.2) is 0 Å². The van der Waals surface area contributed by atoms with Crippen LogP contribution < -0.4 is 0 Å². The number of carbonyl (C=O) groups excluding carboxylic acids is 1. The van der Waals surface area contributed by atoms with E-state index >= 15 is 0 Å². The molecule has 14 heavy (non-hydrogen) atoms. The lowest BCUT2D eigenvalue weighted by Crippen LogP contribution is -1.89. The van der Waals surface area contributed by atoms with Crippen LogP contribution in [0.2, 0.25) is 0 Å². The van der Waals surface area contributed by atoms with Gasteiger partial charge in [-0.15, -0.1) is 0 Å². The Morgan fingerprint density at radius 1 is 1.43 bits per heavy atom. The number of nitro groups is 1. The molecule has 0 aliphatic rings. The van der Waals surface area contributed by atoms with Crippen LogP contribution in [0, 0.1) is 10.1 Å². The van der Waals surface area contributed by atoms with Gasteiger partial charge in [0.25, 0.3) is 0 Å². The summed E-state index contributed by atoms with van der Waals surface area (Å²) in [5, 5.41) is 19.8. The summed E-state index contributed by atoms with van der Waals surface area (Å²) in [7, 11) is 0. The number of hydrogen-bond acceptors (Lipinski definition) is 4. The van der Waals surface area contributed by atoms with Crippen LogP contribution in [0.3, 0.4) is 0 Å². The van der Waals surface area contributed by atoms with Crippen molar-refractivity contribution < 1.29 is 14.8 Å². The minimum Gasteiger partial charge on any atom is -0.502 e. The smallest absolute Gasteiger partial charge is 0.311 e. The van der Waals surface area contributed by atoms with E-state index < -0.39 is 10.7 Å². The van der Waals surface area contributed by atoms with Crippen molar-refractivity contribution in [2.24, 2.45) is 0 Å². The average molecular weight is 193 g/mol. The van der Waals surface area contributed by atoms with Gasteiger partial charge in [-0.1, -0.05) is 12.1 Å². The zero-order valence-electron chi connectivity index (χ0n) is 7.08. The molecule has 0 fully saturated rings. The van der Waals surface area contributed by atoms with Gasteiger partial charge in [-0.05, 0) is 12.2 Å². The van der Waals surface area contributed by atoms with Gasteiger partial charge in [0.05, 0.1) is 4.92 Å². The van der Waals surface area contributed by atoms with E-state index in [4.69, 9.17) is 0 Å². The fourth-order valence-corrected chi connectivity index (χ4v) is 0.973. The minimum atomic E-state index is -0.687. The van der Waals surface area contributed by atoms with Crippen LogP contribution in [0.25, 0.3) is 6.08 Å². The number of phenols is 1. The van der Waals surface area contributed by atoms with E-state index in [-0.39, 0.29) is 11.3 Å². The van der Waals surface area contributed by atoms with Crippen molar-refractivity contribution in [2.45, 2.75) is 0 Å². The first-order valence-electron chi connectivity index (χ1n) is 3.75. The minimum absolute atomic E-state index is 0.242. The normalized spacial score (nSPS) is 10.3. The predicted molar refractivity (Wildman–Crippen MR) is 49.9 cm³/mol. The molecule has 0 saturated carbocycles. The van der Waals surface area contributed by atoms with Crippen LogP contribution in [0.4, 0.5) is 5.69 Å². The molecule has 0 atom stereocenters. The van der Waals surface area contributed by atoms with Crippen molar-refractivity contribution >= 4 is 18.0 Å². The molecule has 0 saturated heterocycles. The Labute approximate surface area is 79.4 Å². The molecule has 1 aromatic carbocycles. The Bertz CT molecular complexity index is 398. The van der Waals surface area contributed by atoms with Gasteiger partial charge < -0.3 is 5.11 Å². The summed E-state index contributed by atoms with van der Waals surface area (Å²) >= 11 is 0. The molecule has 0 amide bonds. The number of benzene rings is 1. The highest BCUT2D eigenvalue weighted by Crippen LogP contribution is 2.29. The lowest BCUT2D eigenvalue weighted by Gasteiger charge is -1.98. The third-order valence-electron chi connectivity index (χ3n) is 1.60. The maximum atomic E-state index is 10.4. The molecule has 1 N–H and O–H groups in total. The number of nitrogens with zero attached hydrogens (tertiary/aromatic N) is 1. The lowest BCUT2D eigenvalue weighted by atomic mass is 10.1. The molecule has 5 heteroatoms. The molecule has 0 aliphatic heterocycles. The number of nitro benzene ring substituents is 1. The van der Waals surface area contributed by atoms with E-state index in [1.165, 1.54) is 24.3 Å². The summed E-state index contributed by atoms with van der Waals surface area (Å²) in [6, 6.07) is 4.10. The first kappa shape index (κ1) is 9.91. The van der Waals surface area contributed by atoms with Gasteiger partial charge in [-0.3, -0.25) is 14.9 Å². The first-order chi connectivity index (χ1) is 6.66. The number of para-hydroxylation sites is 1. The standard InChI is InChI=1S/C9H7NO4/c11-6-2-4-7-3-1-5-8(9(7)12)10(13)14/h1-6,12H/b4-2+. The van der Waals surface area contributed by atoms with Gasteiger partial charge in [-0.2, -0.15) is 0 Å². The molecule has 0 spiro atoms. The van der Waals surface area contributed by atoms with Crippen LogP contribution in [-0.4, -0.2) is 16.3 Å². The van der Waals surface area contributed by atoms with Crippen molar-refractivity contribution in [3.05, 3.63) is 40.0 Å². The Balaban J connectivity index is 3.20. The van der Waals surface area contributed by atoms with Gasteiger partial charge in [0.2, 0.25) is 5.75 Å². The Morgan fingerprint density at radius 3 is 2.71 bits per heavy atom. The van der Waals surface area contributed by atoms with E-state index in [0.29, 0.717) is 6.29 Å². The number of aldehydes is 1. The summed E-state index contributed by atoms with van der Waals surface area (Å²) in [6.07, 6.45) is 2.98. The molecule has 0 radical (unpaired) electrons. The zero-order valence-corrected chi connectivity index (χ0v) is 7.08. The highest BCUT2D eigenvalue weighted by atomic mass is 16.6. The molecule has 0 aromatic heterocycles. The largest absolute Gasteiger partial charge is 0.502 e. The van der Waals surface area contributed by atoms with E-state index in [9.17, 15) is 20.0 Å². The third-order valence-corrected chi connectivity index (χ3v) is 1.60. The summed E-state index contributed by atoms with van der Waals surface area (Å²) in [5.41, 5.74) is -0.135. The van der Waals surface area contributed by atoms with E-state index in [0.717, 1.165) is 6.08 Å². The van der Waals surface area contributed by atoms with Gasteiger partial charge in [0.15, 0.2) is 0 Å². The average Bonchev–Trinajstić information content (AvgIpc) is 2.16. The molecule has 5 nitrogen and oxygen atoms in total. The monoisotopic (exact) mass is 193 g/mol. The highest BCUT2D eigenvalue weighted by molar-refractivity contribution is 5.76. The highest BCUT2D eigenvalue weighted by Gasteiger charge is 2.14. The quantitative estimate of drug-likeness (QED) is 0.341. The van der Waals surface area contributed by atoms with Gasteiger partial charge >= 0.3 is 5.69 Å². The number of allylic oxidation sites excluding steroid dienone is 1. The second-order valence-electron chi connectivity index (χ2n) is 2.47. The van der Waals surface area contributed by atoms with Crippen LogP contribution in [0.15, 0.2) is 24.3 Å². The number of rotatable bonds is 3. The fraction of sp³-hybridized carbons (Fsp3) is 0.